The van der Waals surface area contributed by atoms with Crippen molar-refractivity contribution >= 4 is 9.84 Å². The van der Waals surface area contributed by atoms with E-state index in [2.05, 4.69) is 16.0 Å². The van der Waals surface area contributed by atoms with E-state index in [0.29, 0.717) is 5.56 Å². The molecule has 0 unspecified atom stereocenters. The zero-order valence-corrected chi connectivity index (χ0v) is 17.3. The number of hydrogen-bond donors (Lipinski definition) is 0. The van der Waals surface area contributed by atoms with Crippen molar-refractivity contribution < 1.29 is 13.2 Å². The number of rotatable bonds is 6. The van der Waals surface area contributed by atoms with Gasteiger partial charge < -0.3 is 4.74 Å². The summed E-state index contributed by atoms with van der Waals surface area (Å²) in [6.07, 6.45) is 2.87. The van der Waals surface area contributed by atoms with Crippen LogP contribution >= 0.6 is 0 Å². The molecule has 1 aliphatic heterocycles. The molecule has 1 saturated heterocycles. The van der Waals surface area contributed by atoms with Gasteiger partial charge in [0.05, 0.1) is 11.6 Å². The van der Waals surface area contributed by atoms with Crippen molar-refractivity contribution in [1.82, 2.24) is 9.88 Å². The summed E-state index contributed by atoms with van der Waals surface area (Å²) in [4.78, 5) is 6.33. The summed E-state index contributed by atoms with van der Waals surface area (Å²) in [6.45, 7) is 2.57. The summed E-state index contributed by atoms with van der Waals surface area (Å²) in [5, 5.41) is 8.93. The van der Waals surface area contributed by atoms with Crippen LogP contribution in [-0.4, -0.2) is 43.8 Å². The summed E-state index contributed by atoms with van der Waals surface area (Å²) in [7, 11) is -3.29. The van der Waals surface area contributed by atoms with Gasteiger partial charge in [0.15, 0.2) is 14.9 Å². The van der Waals surface area contributed by atoms with E-state index in [9.17, 15) is 8.42 Å². The number of ether oxygens (including phenoxy) is 1. The second-order valence-corrected chi connectivity index (χ2v) is 9.39. The average molecular weight is 420 g/mol. The Labute approximate surface area is 176 Å². The van der Waals surface area contributed by atoms with Gasteiger partial charge in [-0.15, -0.1) is 0 Å². The SMILES string of the molecule is CS(=O)(=O)c1ccc(-c2ccc(OC3CN(Cc4ccc(C#N)cc4)C3)cc2)cn1. The minimum absolute atomic E-state index is 0.0711. The van der Waals surface area contributed by atoms with Gasteiger partial charge in [-0.2, -0.15) is 5.26 Å². The molecule has 0 bridgehead atoms. The molecule has 152 valence electrons. The van der Waals surface area contributed by atoms with E-state index in [4.69, 9.17) is 10.00 Å². The lowest BCUT2D eigenvalue weighted by molar-refractivity contribution is 0.0146. The van der Waals surface area contributed by atoms with Crippen molar-refractivity contribution in [2.75, 3.05) is 19.3 Å². The Kier molecular flexibility index (Phi) is 5.53. The van der Waals surface area contributed by atoms with Gasteiger partial charge in [0.2, 0.25) is 0 Å². The molecule has 0 radical (unpaired) electrons. The number of hydrogen-bond acceptors (Lipinski definition) is 6. The fourth-order valence-corrected chi connectivity index (χ4v) is 3.92. The normalized spacial score (nSPS) is 14.7. The summed E-state index contributed by atoms with van der Waals surface area (Å²) in [6, 6.07) is 20.8. The maximum Gasteiger partial charge on any atom is 0.192 e. The zero-order chi connectivity index (χ0) is 21.1. The smallest absolute Gasteiger partial charge is 0.192 e. The lowest BCUT2D eigenvalue weighted by atomic mass is 10.1. The van der Waals surface area contributed by atoms with E-state index in [1.165, 1.54) is 11.6 Å². The van der Waals surface area contributed by atoms with Crippen LogP contribution in [0.1, 0.15) is 11.1 Å². The number of nitriles is 1. The summed E-state index contributed by atoms with van der Waals surface area (Å²) in [5.41, 5.74) is 3.67. The number of likely N-dealkylation sites (tertiary alicyclic amines) is 1. The lowest BCUT2D eigenvalue weighted by Crippen LogP contribution is -2.53. The molecule has 1 aliphatic rings. The summed E-state index contributed by atoms with van der Waals surface area (Å²) < 4.78 is 29.1. The minimum Gasteiger partial charge on any atom is -0.488 e. The van der Waals surface area contributed by atoms with Crippen LogP contribution in [0.3, 0.4) is 0 Å². The average Bonchev–Trinajstić information content (AvgIpc) is 2.73. The van der Waals surface area contributed by atoms with Crippen molar-refractivity contribution in [2.45, 2.75) is 17.7 Å². The molecule has 6 nitrogen and oxygen atoms in total. The van der Waals surface area contributed by atoms with Gasteiger partial charge in [0.25, 0.3) is 0 Å². The number of aromatic nitrogens is 1. The molecule has 2 heterocycles. The van der Waals surface area contributed by atoms with Crippen LogP contribution in [0.4, 0.5) is 0 Å². The van der Waals surface area contributed by atoms with Gasteiger partial charge in [0, 0.05) is 37.7 Å². The first kappa shape index (κ1) is 20.1. The highest BCUT2D eigenvalue weighted by Gasteiger charge is 2.28. The van der Waals surface area contributed by atoms with Crippen molar-refractivity contribution in [3.8, 4) is 22.9 Å². The molecular formula is C23H21N3O3S. The number of benzene rings is 2. The van der Waals surface area contributed by atoms with E-state index in [-0.39, 0.29) is 11.1 Å². The second-order valence-electron chi connectivity index (χ2n) is 7.42. The molecule has 1 aromatic heterocycles. The molecular weight excluding hydrogens is 398 g/mol. The highest BCUT2D eigenvalue weighted by molar-refractivity contribution is 7.90. The van der Waals surface area contributed by atoms with Crippen LogP contribution in [0.5, 0.6) is 5.75 Å². The Morgan fingerprint density at radius 1 is 1.03 bits per heavy atom. The first-order valence-corrected chi connectivity index (χ1v) is 11.4. The van der Waals surface area contributed by atoms with Crippen LogP contribution in [0.25, 0.3) is 11.1 Å². The maximum atomic E-state index is 11.5. The molecule has 0 amide bonds. The third-order valence-electron chi connectivity index (χ3n) is 5.02. The van der Waals surface area contributed by atoms with E-state index in [1.54, 1.807) is 12.3 Å². The fraction of sp³-hybridized carbons (Fsp3) is 0.217. The molecule has 0 saturated carbocycles. The van der Waals surface area contributed by atoms with Gasteiger partial charge in [-0.3, -0.25) is 4.90 Å². The van der Waals surface area contributed by atoms with E-state index < -0.39 is 9.84 Å². The minimum atomic E-state index is -3.29. The third-order valence-corrected chi connectivity index (χ3v) is 6.02. The topological polar surface area (TPSA) is 83.3 Å². The third kappa shape index (κ3) is 4.67. The highest BCUT2D eigenvalue weighted by atomic mass is 32.2. The Bertz CT molecular complexity index is 1160. The molecule has 7 heteroatoms. The zero-order valence-electron chi connectivity index (χ0n) is 16.5. The number of nitrogens with zero attached hydrogens (tertiary/aromatic N) is 3. The molecule has 4 rings (SSSR count). The maximum absolute atomic E-state index is 11.5. The largest absolute Gasteiger partial charge is 0.488 e. The Hall–Kier alpha value is -3.21. The molecule has 0 spiro atoms. The molecule has 0 aliphatic carbocycles. The Balaban J connectivity index is 1.30. The van der Waals surface area contributed by atoms with Gasteiger partial charge in [-0.25, -0.2) is 13.4 Å². The molecule has 3 aromatic rings. The van der Waals surface area contributed by atoms with Crippen LogP contribution in [0.15, 0.2) is 71.9 Å². The van der Waals surface area contributed by atoms with Crippen molar-refractivity contribution in [1.29, 1.82) is 5.26 Å². The van der Waals surface area contributed by atoms with Crippen LogP contribution in [0, 0.1) is 11.3 Å². The van der Waals surface area contributed by atoms with Gasteiger partial charge in [-0.05, 0) is 47.5 Å². The van der Waals surface area contributed by atoms with Gasteiger partial charge in [0.1, 0.15) is 11.9 Å². The molecule has 2 aromatic carbocycles. The Morgan fingerprint density at radius 2 is 1.70 bits per heavy atom. The van der Waals surface area contributed by atoms with Gasteiger partial charge in [-0.1, -0.05) is 24.3 Å². The lowest BCUT2D eigenvalue weighted by Gasteiger charge is -2.39. The standard InChI is InChI=1S/C23H21N3O3S/c1-30(27,28)23-11-8-20(13-25-23)19-6-9-21(10-7-19)29-22-15-26(16-22)14-18-4-2-17(12-24)3-5-18/h2-11,13,22H,14-16H2,1H3. The summed E-state index contributed by atoms with van der Waals surface area (Å²) >= 11 is 0. The monoisotopic (exact) mass is 419 g/mol. The van der Waals surface area contributed by atoms with Crippen molar-refractivity contribution in [3.05, 3.63) is 78.0 Å². The quantitative estimate of drug-likeness (QED) is 0.610. The summed E-state index contributed by atoms with van der Waals surface area (Å²) in [5.74, 6) is 0.808. The van der Waals surface area contributed by atoms with Crippen LogP contribution in [0.2, 0.25) is 0 Å². The predicted molar refractivity (Wildman–Crippen MR) is 114 cm³/mol. The van der Waals surface area contributed by atoms with Crippen molar-refractivity contribution in [3.63, 3.8) is 0 Å². The fourth-order valence-electron chi connectivity index (χ4n) is 3.36. The number of sulfone groups is 1. The van der Waals surface area contributed by atoms with Crippen LogP contribution in [-0.2, 0) is 16.4 Å². The van der Waals surface area contributed by atoms with E-state index >= 15 is 0 Å². The molecule has 1 fully saturated rings. The van der Waals surface area contributed by atoms with E-state index in [1.807, 2.05) is 48.5 Å². The van der Waals surface area contributed by atoms with Crippen LogP contribution < -0.4 is 4.74 Å². The second kappa shape index (κ2) is 8.27. The molecule has 0 atom stereocenters. The van der Waals surface area contributed by atoms with Crippen molar-refractivity contribution in [2.24, 2.45) is 0 Å². The predicted octanol–water partition coefficient (Wildman–Crippen LogP) is 3.29. The Morgan fingerprint density at radius 3 is 2.27 bits per heavy atom. The van der Waals surface area contributed by atoms with Gasteiger partial charge >= 0.3 is 0 Å². The molecule has 30 heavy (non-hydrogen) atoms. The first-order chi connectivity index (χ1) is 14.4. The number of pyridine rings is 1. The first-order valence-electron chi connectivity index (χ1n) is 9.55. The van der Waals surface area contributed by atoms with E-state index in [0.717, 1.165) is 42.8 Å². The molecule has 0 N–H and O–H groups in total. The highest BCUT2D eigenvalue weighted by Crippen LogP contribution is 2.25.